The fourth-order valence-corrected chi connectivity index (χ4v) is 3.47. The summed E-state index contributed by atoms with van der Waals surface area (Å²) in [5.74, 6) is 0.793. The predicted octanol–water partition coefficient (Wildman–Crippen LogP) is 4.74. The number of aryl methyl sites for hydroxylation is 1. The van der Waals surface area contributed by atoms with Crippen LogP contribution in [0.5, 0.6) is 5.75 Å². The van der Waals surface area contributed by atoms with Crippen LogP contribution in [0.15, 0.2) is 48.5 Å². The van der Waals surface area contributed by atoms with Crippen molar-refractivity contribution in [1.29, 1.82) is 0 Å². The highest BCUT2D eigenvalue weighted by molar-refractivity contribution is 5.90. The Morgan fingerprint density at radius 1 is 1.21 bits per heavy atom. The van der Waals surface area contributed by atoms with Crippen LogP contribution in [0.1, 0.15) is 43.9 Å². The van der Waals surface area contributed by atoms with Gasteiger partial charge in [0.2, 0.25) is 0 Å². The molecule has 3 rings (SSSR count). The van der Waals surface area contributed by atoms with E-state index in [9.17, 15) is 4.79 Å². The van der Waals surface area contributed by atoms with E-state index in [1.165, 1.54) is 11.1 Å². The second-order valence-corrected chi connectivity index (χ2v) is 7.51. The molecule has 2 aromatic rings. The molecule has 150 valence electrons. The minimum Gasteiger partial charge on any atom is -0.494 e. The molecule has 1 atom stereocenters. The molecule has 2 aromatic carbocycles. The van der Waals surface area contributed by atoms with Gasteiger partial charge in [0, 0.05) is 36.9 Å². The minimum atomic E-state index is -0.0627. The van der Waals surface area contributed by atoms with Crippen LogP contribution in [0.3, 0.4) is 0 Å². The minimum absolute atomic E-state index is 0.0627. The van der Waals surface area contributed by atoms with Gasteiger partial charge in [-0.15, -0.1) is 0 Å². The summed E-state index contributed by atoms with van der Waals surface area (Å²) in [6, 6.07) is 16.5. The molecular weight excluding hydrogens is 350 g/mol. The number of amides is 2. The van der Waals surface area contributed by atoms with Crippen molar-refractivity contribution in [3.05, 3.63) is 59.7 Å². The first-order valence-electron chi connectivity index (χ1n) is 10.2. The van der Waals surface area contributed by atoms with Crippen LogP contribution in [0.2, 0.25) is 0 Å². The van der Waals surface area contributed by atoms with E-state index in [0.717, 1.165) is 37.4 Å². The van der Waals surface area contributed by atoms with E-state index in [1.54, 1.807) is 0 Å². The van der Waals surface area contributed by atoms with E-state index in [2.05, 4.69) is 55.7 Å². The summed E-state index contributed by atoms with van der Waals surface area (Å²) in [5, 5.41) is 6.59. The van der Waals surface area contributed by atoms with Crippen molar-refractivity contribution in [1.82, 2.24) is 10.2 Å². The molecule has 1 saturated heterocycles. The molecule has 1 aliphatic heterocycles. The van der Waals surface area contributed by atoms with Gasteiger partial charge in [0.05, 0.1) is 6.61 Å². The number of anilines is 1. The van der Waals surface area contributed by atoms with Gasteiger partial charge < -0.3 is 20.3 Å². The predicted molar refractivity (Wildman–Crippen MR) is 114 cm³/mol. The van der Waals surface area contributed by atoms with Gasteiger partial charge in [-0.25, -0.2) is 4.79 Å². The van der Waals surface area contributed by atoms with Crippen LogP contribution < -0.4 is 15.4 Å². The van der Waals surface area contributed by atoms with E-state index in [-0.39, 0.29) is 12.1 Å². The van der Waals surface area contributed by atoms with Gasteiger partial charge in [-0.05, 0) is 43.5 Å². The standard InChI is InChI=1S/C23H31N3O2/c1-4-5-13-28-21-11-8-10-19(14-21)25-23(27)26-15-20(16-26)24-18(3)22-12-7-6-9-17(22)2/h6-12,14,18,20,24H,4-5,13,15-16H2,1-3H3,(H,25,27). The molecule has 0 spiro atoms. The zero-order valence-corrected chi connectivity index (χ0v) is 17.1. The quantitative estimate of drug-likeness (QED) is 0.649. The van der Waals surface area contributed by atoms with Crippen molar-refractivity contribution >= 4 is 11.7 Å². The van der Waals surface area contributed by atoms with E-state index >= 15 is 0 Å². The molecular formula is C23H31N3O2. The topological polar surface area (TPSA) is 53.6 Å². The van der Waals surface area contributed by atoms with Crippen LogP contribution in [0, 0.1) is 6.92 Å². The number of ether oxygens (including phenoxy) is 1. The van der Waals surface area contributed by atoms with Crippen LogP contribution in [0.25, 0.3) is 0 Å². The lowest BCUT2D eigenvalue weighted by atomic mass is 10.0. The summed E-state index contributed by atoms with van der Waals surface area (Å²) < 4.78 is 5.71. The second-order valence-electron chi connectivity index (χ2n) is 7.51. The summed E-state index contributed by atoms with van der Waals surface area (Å²) in [6.45, 7) is 8.58. The molecule has 1 fully saturated rings. The SMILES string of the molecule is CCCCOc1cccc(NC(=O)N2CC(NC(C)c3ccccc3C)C2)c1. The van der Waals surface area contributed by atoms with Crippen molar-refractivity contribution < 1.29 is 9.53 Å². The highest BCUT2D eigenvalue weighted by Crippen LogP contribution is 2.21. The first-order chi connectivity index (χ1) is 13.6. The van der Waals surface area contributed by atoms with Crippen LogP contribution in [-0.4, -0.2) is 36.7 Å². The monoisotopic (exact) mass is 381 g/mol. The molecule has 5 nitrogen and oxygen atoms in total. The summed E-state index contributed by atoms with van der Waals surface area (Å²) >= 11 is 0. The number of hydrogen-bond acceptors (Lipinski definition) is 3. The number of carbonyl (C=O) groups excluding carboxylic acids is 1. The molecule has 5 heteroatoms. The fourth-order valence-electron chi connectivity index (χ4n) is 3.47. The normalized spacial score (nSPS) is 15.0. The Kier molecular flexibility index (Phi) is 6.93. The molecule has 2 amide bonds. The first-order valence-corrected chi connectivity index (χ1v) is 10.2. The number of rotatable bonds is 8. The van der Waals surface area contributed by atoms with E-state index in [4.69, 9.17) is 4.74 Å². The molecule has 2 N–H and O–H groups in total. The summed E-state index contributed by atoms with van der Waals surface area (Å²) in [5.41, 5.74) is 3.37. The van der Waals surface area contributed by atoms with Gasteiger partial charge in [-0.2, -0.15) is 0 Å². The number of nitrogens with zero attached hydrogens (tertiary/aromatic N) is 1. The first kappa shape index (κ1) is 20.2. The number of unbranched alkanes of at least 4 members (excludes halogenated alkanes) is 1. The van der Waals surface area contributed by atoms with Crippen LogP contribution in [-0.2, 0) is 0 Å². The van der Waals surface area contributed by atoms with E-state index in [1.807, 2.05) is 29.2 Å². The number of carbonyl (C=O) groups is 1. The molecule has 1 heterocycles. The van der Waals surface area contributed by atoms with Crippen LogP contribution in [0.4, 0.5) is 10.5 Å². The van der Waals surface area contributed by atoms with Gasteiger partial charge in [0.15, 0.2) is 0 Å². The molecule has 0 saturated carbocycles. The zero-order valence-electron chi connectivity index (χ0n) is 17.1. The van der Waals surface area contributed by atoms with Crippen molar-refractivity contribution in [2.75, 3.05) is 25.0 Å². The number of likely N-dealkylation sites (tertiary alicyclic amines) is 1. The molecule has 1 unspecified atom stereocenters. The third-order valence-electron chi connectivity index (χ3n) is 5.16. The Labute approximate surface area is 168 Å². The maximum atomic E-state index is 12.5. The average molecular weight is 382 g/mol. The zero-order chi connectivity index (χ0) is 19.9. The second kappa shape index (κ2) is 9.60. The Bertz CT molecular complexity index is 787. The summed E-state index contributed by atoms with van der Waals surface area (Å²) in [6.07, 6.45) is 2.13. The highest BCUT2D eigenvalue weighted by Gasteiger charge is 2.31. The van der Waals surface area contributed by atoms with Gasteiger partial charge in [0.25, 0.3) is 0 Å². The number of nitrogens with one attached hydrogen (secondary N) is 2. The lowest BCUT2D eigenvalue weighted by Crippen LogP contribution is -2.61. The molecule has 1 aliphatic rings. The van der Waals surface area contributed by atoms with Crippen molar-refractivity contribution in [3.8, 4) is 5.75 Å². The molecule has 28 heavy (non-hydrogen) atoms. The third-order valence-corrected chi connectivity index (χ3v) is 5.16. The number of benzene rings is 2. The Morgan fingerprint density at radius 2 is 2.00 bits per heavy atom. The molecule has 0 aliphatic carbocycles. The maximum absolute atomic E-state index is 12.5. The van der Waals surface area contributed by atoms with Crippen LogP contribution >= 0.6 is 0 Å². The van der Waals surface area contributed by atoms with E-state index in [0.29, 0.717) is 12.6 Å². The lowest BCUT2D eigenvalue weighted by Gasteiger charge is -2.41. The van der Waals surface area contributed by atoms with Crippen molar-refractivity contribution in [2.24, 2.45) is 0 Å². The number of hydrogen-bond donors (Lipinski definition) is 2. The van der Waals surface area contributed by atoms with Gasteiger partial charge in [-0.1, -0.05) is 43.7 Å². The lowest BCUT2D eigenvalue weighted by molar-refractivity contribution is 0.143. The highest BCUT2D eigenvalue weighted by atomic mass is 16.5. The van der Waals surface area contributed by atoms with E-state index < -0.39 is 0 Å². The largest absolute Gasteiger partial charge is 0.494 e. The van der Waals surface area contributed by atoms with Crippen molar-refractivity contribution in [3.63, 3.8) is 0 Å². The Balaban J connectivity index is 1.45. The van der Waals surface area contributed by atoms with Gasteiger partial charge in [-0.3, -0.25) is 0 Å². The Morgan fingerprint density at radius 3 is 2.75 bits per heavy atom. The Hall–Kier alpha value is -2.53. The van der Waals surface area contributed by atoms with Crippen molar-refractivity contribution in [2.45, 2.75) is 45.7 Å². The van der Waals surface area contributed by atoms with Gasteiger partial charge >= 0.3 is 6.03 Å². The fraction of sp³-hybridized carbons (Fsp3) is 0.435. The molecule has 0 radical (unpaired) electrons. The summed E-state index contributed by atoms with van der Waals surface area (Å²) in [4.78, 5) is 14.3. The maximum Gasteiger partial charge on any atom is 0.321 e. The average Bonchev–Trinajstić information content (AvgIpc) is 2.65. The number of urea groups is 1. The smallest absolute Gasteiger partial charge is 0.321 e. The third kappa shape index (κ3) is 5.26. The summed E-state index contributed by atoms with van der Waals surface area (Å²) in [7, 11) is 0. The molecule has 0 aromatic heterocycles. The van der Waals surface area contributed by atoms with Gasteiger partial charge in [0.1, 0.15) is 5.75 Å². The molecule has 0 bridgehead atoms.